The predicted molar refractivity (Wildman–Crippen MR) is 128 cm³/mol. The van der Waals surface area contributed by atoms with Crippen molar-refractivity contribution in [2.75, 3.05) is 24.8 Å². The maximum atomic E-state index is 15.5. The molecule has 1 N–H and O–H groups in total. The number of thioether (sulfide) groups is 1. The lowest BCUT2D eigenvalue weighted by molar-refractivity contribution is -0.0269. The maximum absolute atomic E-state index is 15.5. The molecule has 3 aromatic rings. The van der Waals surface area contributed by atoms with Gasteiger partial charge in [-0.05, 0) is 36.1 Å². The van der Waals surface area contributed by atoms with Crippen LogP contribution in [-0.2, 0) is 10.3 Å². The Morgan fingerprint density at radius 3 is 2.78 bits per heavy atom. The van der Waals surface area contributed by atoms with Crippen molar-refractivity contribution in [1.82, 2.24) is 9.58 Å². The van der Waals surface area contributed by atoms with E-state index in [2.05, 4.69) is 0 Å². The van der Waals surface area contributed by atoms with Gasteiger partial charge in [-0.15, -0.1) is 11.8 Å². The number of ether oxygens (including phenoxy) is 1. The molecule has 8 rings (SSSR count). The van der Waals surface area contributed by atoms with Crippen LogP contribution in [-0.4, -0.2) is 46.5 Å². The van der Waals surface area contributed by atoms with E-state index < -0.39 is 40.4 Å². The van der Waals surface area contributed by atoms with Gasteiger partial charge in [0.25, 0.3) is 5.91 Å². The smallest absolute Gasteiger partial charge is 0.278 e. The third-order valence-electron chi connectivity index (χ3n) is 7.80. The van der Waals surface area contributed by atoms with Crippen LogP contribution in [0.3, 0.4) is 0 Å². The molecular formula is C26H21F2N3O4S. The normalized spacial score (nSPS) is 26.1. The zero-order valence-electron chi connectivity index (χ0n) is 19.0. The van der Waals surface area contributed by atoms with Crippen molar-refractivity contribution in [2.45, 2.75) is 34.7 Å². The van der Waals surface area contributed by atoms with Crippen molar-refractivity contribution in [3.05, 3.63) is 92.9 Å². The van der Waals surface area contributed by atoms with Crippen LogP contribution in [0.25, 0.3) is 0 Å². The number of carbonyl (C=O) groups is 1. The van der Waals surface area contributed by atoms with E-state index in [9.17, 15) is 19.1 Å². The second-order valence-electron chi connectivity index (χ2n) is 9.44. The Morgan fingerprint density at radius 1 is 1.08 bits per heavy atom. The first-order chi connectivity index (χ1) is 17.4. The summed E-state index contributed by atoms with van der Waals surface area (Å²) in [5.74, 6) is -2.88. The Hall–Kier alpha value is -3.37. The molecule has 1 fully saturated rings. The van der Waals surface area contributed by atoms with Crippen LogP contribution >= 0.6 is 11.8 Å². The lowest BCUT2D eigenvalue weighted by Gasteiger charge is -2.57. The van der Waals surface area contributed by atoms with E-state index in [1.54, 1.807) is 11.0 Å². The highest BCUT2D eigenvalue weighted by Gasteiger charge is 2.56. The number of amides is 1. The van der Waals surface area contributed by atoms with Gasteiger partial charge in [0.2, 0.25) is 5.43 Å². The largest absolute Gasteiger partial charge is 0.502 e. The number of carbonyl (C=O) groups excluding carboxylic acids is 1. The monoisotopic (exact) mass is 509 g/mol. The van der Waals surface area contributed by atoms with Crippen LogP contribution in [0.5, 0.6) is 5.75 Å². The number of rotatable bonds is 1. The molecule has 1 saturated heterocycles. The zero-order chi connectivity index (χ0) is 24.8. The summed E-state index contributed by atoms with van der Waals surface area (Å²) in [5, 5.41) is 12.4. The lowest BCUT2D eigenvalue weighted by atomic mass is 9.71. The average molecular weight is 510 g/mol. The molecular weight excluding hydrogens is 488 g/mol. The predicted octanol–water partition coefficient (Wildman–Crippen LogP) is 3.47. The van der Waals surface area contributed by atoms with Crippen LogP contribution < -0.4 is 10.4 Å². The Kier molecular flexibility index (Phi) is 4.60. The van der Waals surface area contributed by atoms with Crippen LogP contribution in [0.1, 0.15) is 45.3 Å². The average Bonchev–Trinajstić information content (AvgIpc) is 3.13. The van der Waals surface area contributed by atoms with Gasteiger partial charge in [-0.2, -0.15) is 0 Å². The third-order valence-corrected chi connectivity index (χ3v) is 9.16. The number of benzene rings is 2. The quantitative estimate of drug-likeness (QED) is 0.542. The van der Waals surface area contributed by atoms with E-state index in [1.807, 2.05) is 29.3 Å². The number of aromatic hydroxyl groups is 1. The summed E-state index contributed by atoms with van der Waals surface area (Å²) in [6.07, 6.45) is 1.98. The molecule has 2 bridgehead atoms. The molecule has 0 spiro atoms. The number of morpholine rings is 1. The van der Waals surface area contributed by atoms with Gasteiger partial charge in [0.05, 0.1) is 13.2 Å². The first-order valence-electron chi connectivity index (χ1n) is 11.8. The van der Waals surface area contributed by atoms with Gasteiger partial charge < -0.3 is 14.7 Å². The van der Waals surface area contributed by atoms with Gasteiger partial charge in [0, 0.05) is 34.5 Å². The minimum Gasteiger partial charge on any atom is -0.502 e. The molecule has 1 aromatic heterocycles. The van der Waals surface area contributed by atoms with E-state index >= 15 is 4.39 Å². The molecule has 36 heavy (non-hydrogen) atoms. The van der Waals surface area contributed by atoms with Crippen LogP contribution in [0.15, 0.2) is 58.4 Å². The van der Waals surface area contributed by atoms with Gasteiger partial charge in [0.15, 0.2) is 23.1 Å². The molecule has 1 aliphatic carbocycles. The molecule has 0 radical (unpaired) electrons. The lowest BCUT2D eigenvalue weighted by Crippen LogP contribution is -2.71. The van der Waals surface area contributed by atoms with Crippen molar-refractivity contribution in [3.63, 3.8) is 0 Å². The van der Waals surface area contributed by atoms with Crippen LogP contribution in [0.4, 0.5) is 8.78 Å². The first kappa shape index (κ1) is 21.9. The number of fused-ring (bicyclic) bond motifs is 3. The van der Waals surface area contributed by atoms with Crippen LogP contribution in [0.2, 0.25) is 0 Å². The molecule has 4 aliphatic heterocycles. The molecule has 7 nitrogen and oxygen atoms in total. The van der Waals surface area contributed by atoms with Crippen molar-refractivity contribution >= 4 is 17.7 Å². The zero-order valence-corrected chi connectivity index (χ0v) is 19.8. The Bertz CT molecular complexity index is 1510. The number of hydrogen-bond donors (Lipinski definition) is 1. The van der Waals surface area contributed by atoms with Crippen LogP contribution in [0, 0.1) is 11.6 Å². The fourth-order valence-electron chi connectivity index (χ4n) is 6.33. The molecule has 3 unspecified atom stereocenters. The van der Waals surface area contributed by atoms with E-state index in [-0.39, 0.29) is 24.1 Å². The Morgan fingerprint density at radius 2 is 1.92 bits per heavy atom. The standard InChI is InChI=1S/C26H21F2N3O4S/c27-16-6-5-15-21(22(16)28)19-7-9-26(15,14-3-1-2-4-18(14)36-19)31-20-13-35-12-11-29(20)25(34)23-24(33)17(32)8-10-30(23)31/h1-6,8,10,19-20,33H,7,9,11-13H2. The maximum Gasteiger partial charge on any atom is 0.278 e. The van der Waals surface area contributed by atoms with Gasteiger partial charge >= 0.3 is 0 Å². The number of pyridine rings is 1. The van der Waals surface area contributed by atoms with Crippen molar-refractivity contribution in [3.8, 4) is 5.75 Å². The van der Waals surface area contributed by atoms with Crippen molar-refractivity contribution in [1.29, 1.82) is 0 Å². The van der Waals surface area contributed by atoms with Gasteiger partial charge in [-0.3, -0.25) is 19.3 Å². The highest BCUT2D eigenvalue weighted by molar-refractivity contribution is 7.99. The Balaban J connectivity index is 1.62. The summed E-state index contributed by atoms with van der Waals surface area (Å²) in [4.78, 5) is 28.5. The SMILES string of the molecule is O=C1c2c(O)c(=O)ccn2N(C23CCC(Sc4ccccc42)c2c3ccc(F)c2F)C2COCCN12. The third kappa shape index (κ3) is 2.66. The highest BCUT2D eigenvalue weighted by Crippen LogP contribution is 2.60. The molecule has 184 valence electrons. The molecule has 3 atom stereocenters. The van der Waals surface area contributed by atoms with E-state index in [0.29, 0.717) is 30.6 Å². The molecule has 10 heteroatoms. The summed E-state index contributed by atoms with van der Waals surface area (Å²) in [5.41, 5.74) is -0.00980. The summed E-state index contributed by atoms with van der Waals surface area (Å²) >= 11 is 1.51. The first-order valence-corrected chi connectivity index (χ1v) is 12.7. The number of hydrogen-bond acceptors (Lipinski definition) is 6. The molecule has 5 aliphatic rings. The minimum absolute atomic E-state index is 0.143. The molecule has 5 heterocycles. The number of aromatic nitrogens is 1. The van der Waals surface area contributed by atoms with E-state index in [1.165, 1.54) is 28.7 Å². The number of nitrogens with zero attached hydrogens (tertiary/aromatic N) is 3. The topological polar surface area (TPSA) is 75.0 Å². The summed E-state index contributed by atoms with van der Waals surface area (Å²) in [6.45, 7) is 0.756. The highest BCUT2D eigenvalue weighted by atomic mass is 32.2. The van der Waals surface area contributed by atoms with Gasteiger partial charge in [0.1, 0.15) is 11.7 Å². The number of halogens is 2. The second kappa shape index (κ2) is 7.57. The van der Waals surface area contributed by atoms with Gasteiger partial charge in [-0.25, -0.2) is 8.78 Å². The molecule has 2 aromatic carbocycles. The van der Waals surface area contributed by atoms with Crippen molar-refractivity contribution in [2.24, 2.45) is 0 Å². The van der Waals surface area contributed by atoms with Crippen molar-refractivity contribution < 1.29 is 23.4 Å². The fraction of sp³-hybridized carbons (Fsp3) is 0.308. The Labute approximate surface area is 208 Å². The fourth-order valence-corrected chi connectivity index (χ4v) is 7.74. The van der Waals surface area contributed by atoms with E-state index in [0.717, 1.165) is 16.5 Å². The summed E-state index contributed by atoms with van der Waals surface area (Å²) < 4.78 is 37.4. The minimum atomic E-state index is -1.03. The molecule has 1 amide bonds. The van der Waals surface area contributed by atoms with Gasteiger partial charge in [-0.1, -0.05) is 24.3 Å². The van der Waals surface area contributed by atoms with E-state index in [4.69, 9.17) is 4.74 Å². The summed E-state index contributed by atoms with van der Waals surface area (Å²) in [7, 11) is 0. The second-order valence-corrected chi connectivity index (χ2v) is 10.7. The summed E-state index contributed by atoms with van der Waals surface area (Å²) in [6, 6.07) is 11.8. The molecule has 0 saturated carbocycles.